The van der Waals surface area contributed by atoms with Crippen LogP contribution in [0.25, 0.3) is 0 Å². The molecule has 0 radical (unpaired) electrons. The summed E-state index contributed by atoms with van der Waals surface area (Å²) in [6, 6.07) is 1.72. The van der Waals surface area contributed by atoms with Crippen LogP contribution >= 0.6 is 11.3 Å². The highest BCUT2D eigenvalue weighted by atomic mass is 32.2. The summed E-state index contributed by atoms with van der Waals surface area (Å²) in [6.45, 7) is 2.48. The Bertz CT molecular complexity index is 699. The summed E-state index contributed by atoms with van der Waals surface area (Å²) in [6.07, 6.45) is 3.77. The number of fused-ring (bicyclic) bond motifs is 1. The number of hydrogen-bond acceptors (Lipinski definition) is 6. The first-order chi connectivity index (χ1) is 11.5. The number of ether oxygens (including phenoxy) is 1. The zero-order chi connectivity index (χ0) is 17.2. The molecule has 1 unspecified atom stereocenters. The van der Waals surface area contributed by atoms with Crippen molar-refractivity contribution in [1.29, 1.82) is 0 Å². The van der Waals surface area contributed by atoms with Gasteiger partial charge in [-0.25, -0.2) is 8.42 Å². The van der Waals surface area contributed by atoms with Crippen LogP contribution in [0.1, 0.15) is 34.5 Å². The molecule has 0 aliphatic carbocycles. The lowest BCUT2D eigenvalue weighted by Crippen LogP contribution is -2.35. The number of nitrogens with zero attached hydrogens (tertiary/aromatic N) is 1. The molecule has 1 atom stereocenters. The molecule has 0 saturated carbocycles. The Labute approximate surface area is 147 Å². The Morgan fingerprint density at radius 3 is 3.00 bits per heavy atom. The van der Waals surface area contributed by atoms with E-state index in [1.165, 1.54) is 16.9 Å². The van der Waals surface area contributed by atoms with E-state index in [1.54, 1.807) is 7.11 Å². The fourth-order valence-corrected chi connectivity index (χ4v) is 6.12. The minimum Gasteiger partial charge on any atom is -0.383 e. The number of sulfone groups is 1. The van der Waals surface area contributed by atoms with Crippen molar-refractivity contribution in [2.24, 2.45) is 0 Å². The van der Waals surface area contributed by atoms with Crippen LogP contribution in [-0.4, -0.2) is 58.7 Å². The summed E-state index contributed by atoms with van der Waals surface area (Å²) < 4.78 is 28.3. The van der Waals surface area contributed by atoms with E-state index in [-0.39, 0.29) is 23.5 Å². The van der Waals surface area contributed by atoms with Crippen molar-refractivity contribution in [3.63, 3.8) is 0 Å². The topological polar surface area (TPSA) is 75.7 Å². The van der Waals surface area contributed by atoms with Crippen LogP contribution in [0.5, 0.6) is 0 Å². The summed E-state index contributed by atoms with van der Waals surface area (Å²) in [4.78, 5) is 15.5. The van der Waals surface area contributed by atoms with Gasteiger partial charge in [0.15, 0.2) is 9.84 Å². The zero-order valence-corrected chi connectivity index (χ0v) is 15.5. The number of anilines is 1. The molecule has 1 N–H and O–H groups in total. The second-order valence-corrected chi connectivity index (χ2v) is 9.71. The van der Waals surface area contributed by atoms with Gasteiger partial charge in [-0.1, -0.05) is 0 Å². The number of carbonyl (C=O) groups excluding carboxylic acids is 1. The van der Waals surface area contributed by atoms with E-state index < -0.39 is 9.84 Å². The fraction of sp³-hybridized carbons (Fsp3) is 0.688. The van der Waals surface area contributed by atoms with Gasteiger partial charge in [0.25, 0.3) is 5.91 Å². The molecule has 1 fully saturated rings. The highest BCUT2D eigenvalue weighted by molar-refractivity contribution is 7.91. The minimum atomic E-state index is -2.98. The van der Waals surface area contributed by atoms with E-state index in [4.69, 9.17) is 4.74 Å². The molecular weight excluding hydrogens is 348 g/mol. The Balaban J connectivity index is 1.72. The number of thiophene rings is 1. The van der Waals surface area contributed by atoms with Gasteiger partial charge < -0.3 is 15.0 Å². The summed E-state index contributed by atoms with van der Waals surface area (Å²) in [5, 5.41) is 4.04. The van der Waals surface area contributed by atoms with Crippen molar-refractivity contribution in [3.05, 3.63) is 16.5 Å². The Hall–Kier alpha value is -1.12. The number of hydrogen-bond donors (Lipinski definition) is 1. The molecule has 1 saturated heterocycles. The van der Waals surface area contributed by atoms with Crippen molar-refractivity contribution in [1.82, 2.24) is 5.32 Å². The van der Waals surface area contributed by atoms with E-state index in [2.05, 4.69) is 10.2 Å². The van der Waals surface area contributed by atoms with Gasteiger partial charge in [0.1, 0.15) is 0 Å². The van der Waals surface area contributed by atoms with Gasteiger partial charge in [-0.05, 0) is 37.3 Å². The Morgan fingerprint density at radius 1 is 1.46 bits per heavy atom. The highest BCUT2D eigenvalue weighted by Crippen LogP contribution is 2.35. The van der Waals surface area contributed by atoms with Crippen molar-refractivity contribution in [2.75, 3.05) is 43.2 Å². The molecule has 0 aromatic carbocycles. The first kappa shape index (κ1) is 17.7. The monoisotopic (exact) mass is 372 g/mol. The van der Waals surface area contributed by atoms with Crippen molar-refractivity contribution < 1.29 is 17.9 Å². The number of carbonyl (C=O) groups is 1. The maximum Gasteiger partial charge on any atom is 0.261 e. The van der Waals surface area contributed by atoms with Crippen LogP contribution < -0.4 is 10.2 Å². The third kappa shape index (κ3) is 4.10. The quantitative estimate of drug-likeness (QED) is 0.847. The third-order valence-corrected chi connectivity index (χ3v) is 7.56. The lowest BCUT2D eigenvalue weighted by atomic mass is 10.1. The van der Waals surface area contributed by atoms with E-state index in [9.17, 15) is 13.2 Å². The van der Waals surface area contributed by atoms with E-state index >= 15 is 0 Å². The maximum absolute atomic E-state index is 12.5. The zero-order valence-electron chi connectivity index (χ0n) is 13.9. The number of rotatable bonds is 5. The van der Waals surface area contributed by atoms with Gasteiger partial charge in [0, 0.05) is 26.2 Å². The van der Waals surface area contributed by atoms with Crippen LogP contribution in [0.2, 0.25) is 0 Å². The molecule has 8 heteroatoms. The molecule has 2 aliphatic rings. The molecule has 24 heavy (non-hydrogen) atoms. The molecule has 1 aromatic heterocycles. The number of aryl methyl sites for hydroxylation is 1. The van der Waals surface area contributed by atoms with Crippen LogP contribution in [0.3, 0.4) is 0 Å². The molecule has 2 aliphatic heterocycles. The molecule has 0 bridgehead atoms. The summed E-state index contributed by atoms with van der Waals surface area (Å²) in [5.74, 6) is 0.0786. The van der Waals surface area contributed by atoms with Gasteiger partial charge in [0.2, 0.25) is 0 Å². The largest absolute Gasteiger partial charge is 0.383 e. The lowest BCUT2D eigenvalue weighted by molar-refractivity contribution is 0.0945. The maximum atomic E-state index is 12.5. The van der Waals surface area contributed by atoms with Crippen LogP contribution in [-0.2, 0) is 21.0 Å². The van der Waals surface area contributed by atoms with E-state index in [0.29, 0.717) is 17.9 Å². The molecule has 134 valence electrons. The molecule has 1 aromatic rings. The van der Waals surface area contributed by atoms with Crippen molar-refractivity contribution >= 4 is 32.1 Å². The second-order valence-electron chi connectivity index (χ2n) is 6.45. The summed E-state index contributed by atoms with van der Waals surface area (Å²) in [7, 11) is -1.29. The van der Waals surface area contributed by atoms with Gasteiger partial charge in [-0.2, -0.15) is 0 Å². The second kappa shape index (κ2) is 7.41. The van der Waals surface area contributed by atoms with Crippen LogP contribution in [0, 0.1) is 0 Å². The Morgan fingerprint density at radius 2 is 2.29 bits per heavy atom. The van der Waals surface area contributed by atoms with Crippen molar-refractivity contribution in [3.8, 4) is 0 Å². The first-order valence-electron chi connectivity index (χ1n) is 8.36. The Kier molecular flexibility index (Phi) is 5.46. The van der Waals surface area contributed by atoms with E-state index in [0.717, 1.165) is 37.4 Å². The normalized spacial score (nSPS) is 22.9. The predicted molar refractivity (Wildman–Crippen MR) is 95.9 cm³/mol. The average molecular weight is 373 g/mol. The molecule has 0 spiro atoms. The summed E-state index contributed by atoms with van der Waals surface area (Å²) >= 11 is 1.51. The standard InChI is InChI=1S/C16H24N2O4S2/c1-22-8-7-18-6-3-2-4-12-10-14(23-16(12)18)15(19)17-13-5-9-24(20,21)11-13/h10,13H,2-9,11H2,1H3,(H,17,19). The minimum absolute atomic E-state index is 0.0593. The molecular formula is C16H24N2O4S2. The first-order valence-corrected chi connectivity index (χ1v) is 11.0. The van der Waals surface area contributed by atoms with Crippen molar-refractivity contribution in [2.45, 2.75) is 31.7 Å². The number of methoxy groups -OCH3 is 1. The van der Waals surface area contributed by atoms with E-state index in [1.807, 2.05) is 6.07 Å². The average Bonchev–Trinajstić information content (AvgIpc) is 3.05. The molecule has 6 nitrogen and oxygen atoms in total. The number of amides is 1. The van der Waals surface area contributed by atoms with Gasteiger partial charge in [-0.3, -0.25) is 4.79 Å². The molecule has 1 amide bonds. The fourth-order valence-electron chi connectivity index (χ4n) is 3.28. The summed E-state index contributed by atoms with van der Waals surface area (Å²) in [5.41, 5.74) is 1.22. The lowest BCUT2D eigenvalue weighted by Gasteiger charge is -2.21. The van der Waals surface area contributed by atoms with Gasteiger partial charge >= 0.3 is 0 Å². The highest BCUT2D eigenvalue weighted by Gasteiger charge is 2.30. The SMILES string of the molecule is COCCN1CCCCc2cc(C(=O)NC3CCS(=O)(=O)C3)sc21. The van der Waals surface area contributed by atoms with Crippen LogP contribution in [0.15, 0.2) is 6.07 Å². The van der Waals surface area contributed by atoms with Gasteiger partial charge in [-0.15, -0.1) is 11.3 Å². The molecule has 3 heterocycles. The van der Waals surface area contributed by atoms with Gasteiger partial charge in [0.05, 0.1) is 28.0 Å². The smallest absolute Gasteiger partial charge is 0.261 e. The predicted octanol–water partition coefficient (Wildman–Crippen LogP) is 1.45. The number of nitrogens with one attached hydrogen (secondary N) is 1. The third-order valence-electron chi connectivity index (χ3n) is 4.55. The van der Waals surface area contributed by atoms with Crippen LogP contribution in [0.4, 0.5) is 5.00 Å². The molecule has 3 rings (SSSR count).